The predicted molar refractivity (Wildman–Crippen MR) is 563 cm³/mol. The number of carboxylic acids is 2. The standard InChI is InChI=1S/C18H27N3O6S2.C17H24N4O2S2.C16H24N4O6S2.C13H23NO2S2.C12H17N3OS2.C9H15NO2S2/c1-3-19-10-15(24)6-7-16(18(26)27)21-17(25)12-29-28-8-4-5-14(23)11-20-9-13(2)22;1-3-18-13-15(22)9-11-25-24-10-5-6-16(23)14-7-8-17(19-12-14)21-20-4-2;1-3-17-8-12(22)4-5-14(16(25)26)19-15(24)10-28-27-7-6-13(23)9-18-20-11(2)21;1-3-6-12(15)7-5-9-17-18-10-8-13(16)11-14-4-2;1-3-14-15-12-7-6-10(9-13-12)11(16)5-4-8-18-17-2;1-8(11)6-10-7-9(12)4-3-5-14-13-2/h3,11,16H,4-10,12H2,1-2H3,(H,21,25)(H,26,27);3-4,7-8,12H,5-6,9-11,13H2,1-2H3,(H,19,21);3,9,14H,4-8,10H2,1-2H3,(H,19,24)(H,20,21)(H,25,26);4H,3,5-11H2,1-2H3;3,6-7,9H,4-5,8H2,1-2H3,(H,13,15);7H,3-6H2,1-2H3/b;18-3?,20-4+;17-3?,18-9+;;14-3+;. The first-order valence-electron chi connectivity index (χ1n) is 41.9. The normalized spacial score (nSPS) is 11.5. The molecule has 0 aromatic carbocycles. The van der Waals surface area contributed by atoms with Crippen LogP contribution in [0.4, 0.5) is 11.6 Å². The number of anilines is 2. The molecule has 2 heterocycles. The lowest BCUT2D eigenvalue weighted by Gasteiger charge is -2.13. The molecule has 0 aliphatic heterocycles. The van der Waals surface area contributed by atoms with Crippen LogP contribution in [0, 0.1) is 0 Å². The van der Waals surface area contributed by atoms with Crippen molar-refractivity contribution in [3.05, 3.63) is 47.8 Å². The van der Waals surface area contributed by atoms with Gasteiger partial charge in [-0.3, -0.25) is 113 Å². The molecule has 0 saturated carbocycles. The van der Waals surface area contributed by atoms with Crippen LogP contribution in [0.25, 0.3) is 0 Å². The van der Waals surface area contributed by atoms with Gasteiger partial charge in [-0.2, -0.15) is 15.3 Å². The number of ketones is 12. The first kappa shape index (κ1) is 131. The average molecular weight is 2060 g/mol. The summed E-state index contributed by atoms with van der Waals surface area (Å²) in [5.74, 6) is 4.25. The SMILES string of the molecule is C/C=N/Nc1ccc(C(=O)CCCSSC)cn1.CC=NCC(=O)CCC(NC(=O)CSSCCC(=O)/C=N/NC(C)=O)C(=O)O.CC=NCC(=O)CCC(NC(=O)CSSCCCC(=O)C=NCC(C)=O)C(=O)O.CC=NCC(=O)CCSSCCCC(=O)CCC.CC=NCC(=O)CCSSCCCC(=O)c1ccc(N/N=C/C)nc1.CSSCCCC(=O)C=NCC(C)=O. The maximum absolute atomic E-state index is 12.1. The number of nitrogens with one attached hydrogen (secondary N) is 5. The van der Waals surface area contributed by atoms with E-state index in [0.717, 1.165) is 79.1 Å². The van der Waals surface area contributed by atoms with E-state index in [1.807, 2.05) is 40.2 Å². The Balaban J connectivity index is -0.000000757. The first-order valence-corrected chi connectivity index (χ1v) is 57.3. The monoisotopic (exact) mass is 2060 g/mol. The fourth-order valence-corrected chi connectivity index (χ4v) is 19.1. The van der Waals surface area contributed by atoms with Gasteiger partial charge in [-0.15, -0.1) is 0 Å². The van der Waals surface area contributed by atoms with E-state index in [-0.39, 0.29) is 146 Å². The van der Waals surface area contributed by atoms with Crippen LogP contribution in [0.5, 0.6) is 0 Å². The molecule has 3 amide bonds. The maximum Gasteiger partial charge on any atom is 0.326 e. The number of hydrogen-bond acceptors (Lipinski definition) is 42. The van der Waals surface area contributed by atoms with Crippen molar-refractivity contribution in [2.45, 2.75) is 203 Å². The lowest BCUT2D eigenvalue weighted by molar-refractivity contribution is -0.142. The van der Waals surface area contributed by atoms with E-state index in [1.54, 1.807) is 169 Å². The molecule has 2 rings (SSSR count). The molecule has 2 aromatic rings. The smallest absolute Gasteiger partial charge is 0.326 e. The quantitative estimate of drug-likeness (QED) is 0.0106. The highest BCUT2D eigenvalue weighted by atomic mass is 33.1. The molecule has 7 N–H and O–H groups in total. The topological polar surface area (TPSA) is 528 Å². The number of hydrazone groups is 3. The van der Waals surface area contributed by atoms with Crippen molar-refractivity contribution in [3.63, 3.8) is 0 Å². The predicted octanol–water partition coefficient (Wildman–Crippen LogP) is 14.8. The fraction of sp³-hybridized carbons (Fsp3) is 0.576. The second-order valence-corrected chi connectivity index (χ2v) is 42.3. The summed E-state index contributed by atoms with van der Waals surface area (Å²) >= 11 is 0. The minimum absolute atomic E-state index is 0.000907. The number of nitrogens with zero attached hydrogens (tertiary/aromatic N) is 11. The van der Waals surface area contributed by atoms with Gasteiger partial charge in [0, 0.05) is 160 Å². The van der Waals surface area contributed by atoms with Crippen LogP contribution in [0.1, 0.15) is 212 Å². The number of hydrogen-bond donors (Lipinski definition) is 7. The summed E-state index contributed by atoms with van der Waals surface area (Å²) in [4.78, 5) is 224. The average Bonchev–Trinajstić information content (AvgIpc) is 0.896. The Morgan fingerprint density at radius 1 is 0.364 bits per heavy atom. The van der Waals surface area contributed by atoms with Gasteiger partial charge >= 0.3 is 11.9 Å². The van der Waals surface area contributed by atoms with Gasteiger partial charge in [0.25, 0.3) is 0 Å². The van der Waals surface area contributed by atoms with E-state index < -0.39 is 35.8 Å². The molecule has 0 bridgehead atoms. The van der Waals surface area contributed by atoms with Crippen LogP contribution >= 0.6 is 130 Å². The second kappa shape index (κ2) is 95.3. The lowest BCUT2D eigenvalue weighted by atomic mass is 10.1. The van der Waals surface area contributed by atoms with Gasteiger partial charge in [-0.25, -0.2) is 25.0 Å². The molecule has 2 unspecified atom stereocenters. The molecule has 35 nitrogen and oxygen atoms in total. The molecule has 0 aliphatic carbocycles. The third-order valence-corrected chi connectivity index (χ3v) is 28.3. The van der Waals surface area contributed by atoms with Crippen LogP contribution in [0.15, 0.2) is 81.9 Å². The number of carbonyl (C=O) groups is 17. The van der Waals surface area contributed by atoms with Gasteiger partial charge < -0.3 is 20.8 Å². The molecular weight excluding hydrogens is 1930 g/mol. The summed E-state index contributed by atoms with van der Waals surface area (Å²) in [6.07, 6.45) is 30.0. The van der Waals surface area contributed by atoms with Gasteiger partial charge in [0.15, 0.2) is 63.6 Å². The van der Waals surface area contributed by atoms with Crippen molar-refractivity contribution in [1.82, 2.24) is 26.0 Å². The lowest BCUT2D eigenvalue weighted by Crippen LogP contribution is -2.41. The number of carboxylic acid groups (broad SMARTS) is 2. The van der Waals surface area contributed by atoms with Crippen LogP contribution in [0.2, 0.25) is 0 Å². The van der Waals surface area contributed by atoms with Crippen LogP contribution in [-0.4, -0.2) is 297 Å². The molecule has 2 atom stereocenters. The highest BCUT2D eigenvalue weighted by Crippen LogP contribution is 2.27. The summed E-state index contributed by atoms with van der Waals surface area (Å²) in [6.45, 7) is 17.5. The summed E-state index contributed by atoms with van der Waals surface area (Å²) in [6, 6.07) is 4.79. The molecule has 0 aliphatic rings. The second-order valence-electron chi connectivity index (χ2n) is 26.4. The van der Waals surface area contributed by atoms with Crippen LogP contribution < -0.4 is 26.9 Å². The van der Waals surface area contributed by atoms with Gasteiger partial charge in [-0.05, 0) is 168 Å². The van der Waals surface area contributed by atoms with E-state index in [2.05, 4.69) is 82.1 Å². The minimum Gasteiger partial charge on any atom is -0.480 e. The van der Waals surface area contributed by atoms with E-state index in [4.69, 9.17) is 10.2 Å². The highest BCUT2D eigenvalue weighted by Gasteiger charge is 2.23. The van der Waals surface area contributed by atoms with Crippen LogP contribution in [-0.2, 0) is 71.9 Å². The van der Waals surface area contributed by atoms with Crippen molar-refractivity contribution >= 4 is 296 Å². The molecule has 47 heteroatoms. The first-order chi connectivity index (χ1) is 63.3. The summed E-state index contributed by atoms with van der Waals surface area (Å²) in [5, 5.41) is 34.3. The number of aliphatic carboxylic acids is 2. The van der Waals surface area contributed by atoms with Gasteiger partial charge in [0.05, 0.1) is 69.4 Å². The third-order valence-electron chi connectivity index (χ3n) is 14.9. The van der Waals surface area contributed by atoms with Crippen molar-refractivity contribution in [3.8, 4) is 0 Å². The van der Waals surface area contributed by atoms with Crippen LogP contribution in [0.3, 0.4) is 0 Å². The van der Waals surface area contributed by atoms with Crippen molar-refractivity contribution in [2.75, 3.05) is 120 Å². The van der Waals surface area contributed by atoms with Crippen molar-refractivity contribution in [2.24, 2.45) is 45.3 Å². The van der Waals surface area contributed by atoms with Crippen molar-refractivity contribution < 1.29 is 91.7 Å². The fourth-order valence-electron chi connectivity index (χ4n) is 8.52. The molecule has 736 valence electrons. The minimum atomic E-state index is -1.21. The van der Waals surface area contributed by atoms with Gasteiger partial charge in [0.1, 0.15) is 29.5 Å². The number of amides is 3. The number of carbonyl (C=O) groups excluding carboxylic acids is 15. The zero-order chi connectivity index (χ0) is 99.4. The molecule has 2 aromatic heterocycles. The zero-order valence-corrected chi connectivity index (χ0v) is 87.0. The molecule has 0 fully saturated rings. The summed E-state index contributed by atoms with van der Waals surface area (Å²) in [7, 11) is 18.9. The Labute approximate surface area is 823 Å². The van der Waals surface area contributed by atoms with E-state index in [0.29, 0.717) is 104 Å². The van der Waals surface area contributed by atoms with E-state index in [1.165, 1.54) is 82.6 Å². The third kappa shape index (κ3) is 91.6. The number of Topliss-reactive ketones (excluding diaryl/α,β-unsaturated/α-hetero) is 12. The Kier molecular flexibility index (Phi) is 94.4. The van der Waals surface area contributed by atoms with E-state index in [9.17, 15) is 81.5 Å². The molecule has 0 saturated heterocycles. The summed E-state index contributed by atoms with van der Waals surface area (Å²) < 4.78 is 0. The Bertz CT molecular complexity index is 3980. The Morgan fingerprint density at radius 3 is 1.05 bits per heavy atom. The molecule has 0 spiro atoms. The zero-order valence-electron chi connectivity index (χ0n) is 77.2. The molecule has 0 radical (unpaired) electrons. The number of rotatable bonds is 73. The molecular formula is C85H130N16O19S12. The number of pyridine rings is 2. The van der Waals surface area contributed by atoms with Gasteiger partial charge in [-0.1, -0.05) is 136 Å². The number of aromatic nitrogens is 2. The van der Waals surface area contributed by atoms with Crippen molar-refractivity contribution in [1.29, 1.82) is 0 Å². The van der Waals surface area contributed by atoms with Gasteiger partial charge in [0.2, 0.25) is 17.7 Å². The maximum atomic E-state index is 12.1. The highest BCUT2D eigenvalue weighted by molar-refractivity contribution is 8.78. The molecule has 132 heavy (non-hydrogen) atoms. The Hall–Kier alpha value is -7.48. The number of aliphatic imine (C=N–C) groups is 6. The van der Waals surface area contributed by atoms with E-state index >= 15 is 0 Å². The summed E-state index contributed by atoms with van der Waals surface area (Å²) in [5.41, 5.74) is 8.92. The largest absolute Gasteiger partial charge is 0.480 e. The Morgan fingerprint density at radius 2 is 0.705 bits per heavy atom.